The maximum atomic E-state index is 13.4. The lowest BCUT2D eigenvalue weighted by molar-refractivity contribution is 0.0241. The average molecular weight is 443 g/mol. The van der Waals surface area contributed by atoms with Gasteiger partial charge in [0.15, 0.2) is 0 Å². The molecule has 7 heteroatoms. The van der Waals surface area contributed by atoms with Gasteiger partial charge in [0.05, 0.1) is 11.4 Å². The van der Waals surface area contributed by atoms with Crippen LogP contribution in [0.2, 0.25) is 0 Å². The average Bonchev–Trinajstić information content (AvgIpc) is 3.32. The molecule has 0 radical (unpaired) electrons. The molecular formula is C25H35FN4O2. The molecule has 1 atom stereocenters. The Hall–Kier alpha value is -2.41. The monoisotopic (exact) mass is 442 g/mol. The number of rotatable bonds is 5. The normalized spacial score (nSPS) is 19.1. The van der Waals surface area contributed by atoms with E-state index in [2.05, 4.69) is 4.90 Å². The highest BCUT2D eigenvalue weighted by molar-refractivity contribution is 5.67. The minimum absolute atomic E-state index is 0.228. The summed E-state index contributed by atoms with van der Waals surface area (Å²) in [6.07, 6.45) is 5.20. The van der Waals surface area contributed by atoms with Crippen molar-refractivity contribution < 1.29 is 13.9 Å². The summed E-state index contributed by atoms with van der Waals surface area (Å²) in [7, 11) is 1.82. The van der Waals surface area contributed by atoms with Gasteiger partial charge in [0.1, 0.15) is 11.4 Å². The number of fused-ring (bicyclic) bond motifs is 1. The zero-order chi connectivity index (χ0) is 22.9. The molecule has 1 aliphatic heterocycles. The molecule has 1 amide bonds. The number of benzene rings is 1. The highest BCUT2D eigenvalue weighted by Crippen LogP contribution is 2.30. The summed E-state index contributed by atoms with van der Waals surface area (Å²) in [5.74, 6) is 0.196. The molecule has 1 fully saturated rings. The van der Waals surface area contributed by atoms with Crippen molar-refractivity contribution in [1.82, 2.24) is 19.6 Å². The molecule has 2 aliphatic rings. The Kier molecular flexibility index (Phi) is 6.56. The minimum atomic E-state index is -0.479. The van der Waals surface area contributed by atoms with Gasteiger partial charge in [0.2, 0.25) is 0 Å². The number of aromatic nitrogens is 2. The molecule has 32 heavy (non-hydrogen) atoms. The van der Waals surface area contributed by atoms with Crippen LogP contribution in [0.4, 0.5) is 9.18 Å². The van der Waals surface area contributed by atoms with Gasteiger partial charge < -0.3 is 9.64 Å². The highest BCUT2D eigenvalue weighted by Gasteiger charge is 2.28. The molecule has 0 N–H and O–H groups in total. The lowest BCUT2D eigenvalue weighted by Crippen LogP contribution is -2.42. The number of piperidine rings is 1. The Morgan fingerprint density at radius 2 is 1.97 bits per heavy atom. The topological polar surface area (TPSA) is 50.6 Å². The van der Waals surface area contributed by atoms with Gasteiger partial charge in [0.25, 0.3) is 0 Å². The van der Waals surface area contributed by atoms with E-state index in [1.54, 1.807) is 17.0 Å². The van der Waals surface area contributed by atoms with Crippen molar-refractivity contribution in [1.29, 1.82) is 0 Å². The second-order valence-electron chi connectivity index (χ2n) is 10.2. The minimum Gasteiger partial charge on any atom is -0.444 e. The number of hydrogen-bond donors (Lipinski definition) is 0. The van der Waals surface area contributed by atoms with Gasteiger partial charge in [-0.15, -0.1) is 0 Å². The first-order chi connectivity index (χ1) is 15.2. The largest absolute Gasteiger partial charge is 0.444 e. The van der Waals surface area contributed by atoms with E-state index in [-0.39, 0.29) is 11.9 Å². The van der Waals surface area contributed by atoms with E-state index in [9.17, 15) is 9.18 Å². The number of ether oxygens (including phenoxy) is 1. The van der Waals surface area contributed by atoms with Crippen LogP contribution in [0, 0.1) is 11.7 Å². The molecule has 0 saturated carbocycles. The molecule has 2 heterocycles. The number of halogens is 1. The van der Waals surface area contributed by atoms with Crippen molar-refractivity contribution >= 4 is 6.09 Å². The summed E-state index contributed by atoms with van der Waals surface area (Å²) in [6, 6.07) is 6.59. The second kappa shape index (κ2) is 9.22. The second-order valence-corrected chi connectivity index (χ2v) is 10.2. The standard InChI is InChI=1S/C25H35FN4O2/c1-25(2,3)32-24(31)28(4)15-18-7-6-14-29(16-18)17-22-21-8-5-9-23(21)30(27-22)20-12-10-19(26)11-13-20/h10-13,18H,5-9,14-17H2,1-4H3. The van der Waals surface area contributed by atoms with Crippen molar-refractivity contribution in [2.45, 2.75) is 65.0 Å². The van der Waals surface area contributed by atoms with Crippen LogP contribution >= 0.6 is 0 Å². The molecule has 1 aromatic heterocycles. The number of carbonyl (C=O) groups is 1. The molecule has 1 unspecified atom stereocenters. The van der Waals surface area contributed by atoms with E-state index in [0.29, 0.717) is 12.5 Å². The fourth-order valence-corrected chi connectivity index (χ4v) is 4.89. The van der Waals surface area contributed by atoms with Crippen LogP contribution in [-0.4, -0.2) is 58.0 Å². The number of hydrogen-bond acceptors (Lipinski definition) is 4. The Labute approximate surface area is 190 Å². The van der Waals surface area contributed by atoms with Crippen LogP contribution in [0.3, 0.4) is 0 Å². The maximum Gasteiger partial charge on any atom is 0.410 e. The third kappa shape index (κ3) is 5.31. The third-order valence-electron chi connectivity index (χ3n) is 6.30. The Morgan fingerprint density at radius 3 is 2.69 bits per heavy atom. The molecular weight excluding hydrogens is 407 g/mol. The summed E-state index contributed by atoms with van der Waals surface area (Å²) < 4.78 is 20.9. The van der Waals surface area contributed by atoms with Gasteiger partial charge in [-0.25, -0.2) is 13.9 Å². The predicted molar refractivity (Wildman–Crippen MR) is 122 cm³/mol. The molecule has 0 bridgehead atoms. The van der Waals surface area contributed by atoms with E-state index in [1.165, 1.54) is 23.4 Å². The molecule has 1 aromatic carbocycles. The summed E-state index contributed by atoms with van der Waals surface area (Å²) in [4.78, 5) is 16.5. The first kappa shape index (κ1) is 22.8. The molecule has 2 aromatic rings. The summed E-state index contributed by atoms with van der Waals surface area (Å²) in [5.41, 5.74) is 4.22. The number of amides is 1. The van der Waals surface area contributed by atoms with Gasteiger partial charge in [-0.1, -0.05) is 0 Å². The van der Waals surface area contributed by atoms with E-state index < -0.39 is 5.60 Å². The number of nitrogens with zero attached hydrogens (tertiary/aromatic N) is 4. The smallest absolute Gasteiger partial charge is 0.410 e. The van der Waals surface area contributed by atoms with E-state index in [1.807, 2.05) is 32.5 Å². The number of carbonyl (C=O) groups excluding carboxylic acids is 1. The molecule has 174 valence electrons. The lowest BCUT2D eigenvalue weighted by atomic mass is 9.97. The van der Waals surface area contributed by atoms with Gasteiger partial charge in [-0.2, -0.15) is 5.10 Å². The van der Waals surface area contributed by atoms with Gasteiger partial charge in [0, 0.05) is 32.4 Å². The molecule has 4 rings (SSSR count). The Balaban J connectivity index is 1.42. The Bertz CT molecular complexity index is 948. The van der Waals surface area contributed by atoms with Gasteiger partial charge in [-0.3, -0.25) is 4.90 Å². The van der Waals surface area contributed by atoms with Gasteiger partial charge in [-0.05, 0) is 95.2 Å². The predicted octanol–water partition coefficient (Wildman–Crippen LogP) is 4.58. The van der Waals surface area contributed by atoms with Gasteiger partial charge >= 0.3 is 6.09 Å². The summed E-state index contributed by atoms with van der Waals surface area (Å²) in [5, 5.41) is 4.95. The summed E-state index contributed by atoms with van der Waals surface area (Å²) >= 11 is 0. The fraction of sp³-hybridized carbons (Fsp3) is 0.600. The summed E-state index contributed by atoms with van der Waals surface area (Å²) in [6.45, 7) is 9.20. The van der Waals surface area contributed by atoms with Crippen molar-refractivity contribution in [3.05, 3.63) is 47.0 Å². The van der Waals surface area contributed by atoms with Crippen LogP contribution in [0.15, 0.2) is 24.3 Å². The molecule has 6 nitrogen and oxygen atoms in total. The first-order valence-electron chi connectivity index (χ1n) is 11.7. The molecule has 1 aliphatic carbocycles. The number of likely N-dealkylation sites (tertiary alicyclic amines) is 1. The van der Waals surface area contributed by atoms with Crippen molar-refractivity contribution in [2.24, 2.45) is 5.92 Å². The van der Waals surface area contributed by atoms with E-state index >= 15 is 0 Å². The quantitative estimate of drug-likeness (QED) is 0.680. The highest BCUT2D eigenvalue weighted by atomic mass is 19.1. The van der Waals surface area contributed by atoms with E-state index in [0.717, 1.165) is 63.1 Å². The van der Waals surface area contributed by atoms with E-state index in [4.69, 9.17) is 9.84 Å². The van der Waals surface area contributed by atoms with Crippen molar-refractivity contribution in [3.63, 3.8) is 0 Å². The first-order valence-corrected chi connectivity index (χ1v) is 11.7. The zero-order valence-corrected chi connectivity index (χ0v) is 19.7. The third-order valence-corrected chi connectivity index (χ3v) is 6.30. The van der Waals surface area contributed by atoms with Crippen LogP contribution in [-0.2, 0) is 24.1 Å². The lowest BCUT2D eigenvalue weighted by Gasteiger charge is -2.35. The van der Waals surface area contributed by atoms with Crippen molar-refractivity contribution in [3.8, 4) is 5.69 Å². The maximum absolute atomic E-state index is 13.4. The van der Waals surface area contributed by atoms with Crippen LogP contribution in [0.1, 0.15) is 57.0 Å². The molecule has 1 saturated heterocycles. The van der Waals surface area contributed by atoms with Crippen molar-refractivity contribution in [2.75, 3.05) is 26.7 Å². The fourth-order valence-electron chi connectivity index (χ4n) is 4.89. The Morgan fingerprint density at radius 1 is 1.22 bits per heavy atom. The SMILES string of the molecule is CN(CC1CCCN(Cc2nn(-c3ccc(F)cc3)c3c2CCC3)C1)C(=O)OC(C)(C)C. The van der Waals surface area contributed by atoms with Crippen LogP contribution < -0.4 is 0 Å². The van der Waals surface area contributed by atoms with Crippen LogP contribution in [0.25, 0.3) is 5.69 Å². The van der Waals surface area contributed by atoms with Crippen LogP contribution in [0.5, 0.6) is 0 Å². The zero-order valence-electron chi connectivity index (χ0n) is 19.7. The molecule has 0 spiro atoms.